The summed E-state index contributed by atoms with van der Waals surface area (Å²) >= 11 is 0. The highest BCUT2D eigenvalue weighted by atomic mass is 15.1. The Balaban J connectivity index is 1.07. The van der Waals surface area contributed by atoms with Crippen LogP contribution in [0.3, 0.4) is 0 Å². The first-order chi connectivity index (χ1) is 28.8. The van der Waals surface area contributed by atoms with Crippen LogP contribution in [0.25, 0.3) is 93.8 Å². The smallest absolute Gasteiger partial charge is 0.145 e. The number of imidazole rings is 1. The van der Waals surface area contributed by atoms with Crippen molar-refractivity contribution in [2.45, 2.75) is 5.41 Å². The maximum absolute atomic E-state index is 5.19. The van der Waals surface area contributed by atoms with Gasteiger partial charge in [0.15, 0.2) is 0 Å². The standard InChI is InChI=1S/C56H34N2/c1-2-17-39(18-3-1)58-51-28-13-12-27-50(51)57-55(58)38-16-14-15-35(34-38)36-29-31-40-37(33-36)30-32-47-52-45-23-6-4-19-41(45)42-20-5-7-24-46(42)54(52)56(53(40)47)48-25-10-8-21-43(48)44-22-9-11-26-49(44)56/h1-34H. The Hall–Kier alpha value is -7.55. The number of nitrogens with zero attached hydrogens (tertiary/aromatic N) is 2. The van der Waals surface area contributed by atoms with Gasteiger partial charge in [-0.25, -0.2) is 4.98 Å². The van der Waals surface area contributed by atoms with E-state index in [9.17, 15) is 0 Å². The molecule has 0 saturated carbocycles. The van der Waals surface area contributed by atoms with Gasteiger partial charge in [0.2, 0.25) is 0 Å². The molecule has 2 nitrogen and oxygen atoms in total. The van der Waals surface area contributed by atoms with Gasteiger partial charge in [-0.3, -0.25) is 4.57 Å². The maximum atomic E-state index is 5.19. The third-order valence-electron chi connectivity index (χ3n) is 13.0. The van der Waals surface area contributed by atoms with Crippen LogP contribution >= 0.6 is 0 Å². The van der Waals surface area contributed by atoms with Crippen molar-refractivity contribution in [2.24, 2.45) is 0 Å². The molecule has 0 radical (unpaired) electrons. The second kappa shape index (κ2) is 11.7. The monoisotopic (exact) mass is 734 g/mol. The number of para-hydroxylation sites is 3. The largest absolute Gasteiger partial charge is 0.292 e. The highest BCUT2D eigenvalue weighted by Gasteiger charge is 2.53. The highest BCUT2D eigenvalue weighted by Crippen LogP contribution is 2.66. The van der Waals surface area contributed by atoms with E-state index in [1.54, 1.807) is 0 Å². The van der Waals surface area contributed by atoms with Crippen LogP contribution in [0, 0.1) is 0 Å². The van der Waals surface area contributed by atoms with E-state index in [4.69, 9.17) is 4.98 Å². The first-order valence-electron chi connectivity index (χ1n) is 20.1. The van der Waals surface area contributed by atoms with Crippen LogP contribution in [-0.2, 0) is 5.41 Å². The molecule has 0 fully saturated rings. The van der Waals surface area contributed by atoms with Gasteiger partial charge < -0.3 is 0 Å². The molecule has 0 amide bonds. The van der Waals surface area contributed by atoms with Crippen molar-refractivity contribution in [3.63, 3.8) is 0 Å². The van der Waals surface area contributed by atoms with Crippen molar-refractivity contribution in [1.82, 2.24) is 9.55 Å². The van der Waals surface area contributed by atoms with Crippen LogP contribution in [0.2, 0.25) is 0 Å². The molecule has 0 bridgehead atoms. The summed E-state index contributed by atoms with van der Waals surface area (Å²) in [6.45, 7) is 0. The van der Waals surface area contributed by atoms with Gasteiger partial charge in [-0.05, 0) is 124 Å². The molecule has 0 saturated heterocycles. The molecule has 10 aromatic carbocycles. The zero-order valence-corrected chi connectivity index (χ0v) is 31.5. The fourth-order valence-corrected chi connectivity index (χ4v) is 10.7. The van der Waals surface area contributed by atoms with E-state index in [-0.39, 0.29) is 0 Å². The SMILES string of the molecule is c1ccc(-n2c(-c3cccc(-c4ccc5c6c(ccc5c4)-c4c(c5ccccc5c5ccccc45)C64c5ccccc5-c5ccccc54)c3)nc3ccccc32)cc1. The Labute approximate surface area is 335 Å². The van der Waals surface area contributed by atoms with Gasteiger partial charge in [0.1, 0.15) is 5.82 Å². The first-order valence-corrected chi connectivity index (χ1v) is 20.1. The van der Waals surface area contributed by atoms with Gasteiger partial charge >= 0.3 is 0 Å². The molecule has 58 heavy (non-hydrogen) atoms. The predicted molar refractivity (Wildman–Crippen MR) is 241 cm³/mol. The van der Waals surface area contributed by atoms with Crippen LogP contribution < -0.4 is 0 Å². The van der Waals surface area contributed by atoms with Gasteiger partial charge in [0, 0.05) is 11.3 Å². The summed E-state index contributed by atoms with van der Waals surface area (Å²) < 4.78 is 2.28. The fourth-order valence-electron chi connectivity index (χ4n) is 10.7. The van der Waals surface area contributed by atoms with E-state index >= 15 is 0 Å². The van der Waals surface area contributed by atoms with Gasteiger partial charge in [-0.2, -0.15) is 0 Å². The maximum Gasteiger partial charge on any atom is 0.145 e. The Morgan fingerprint density at radius 1 is 0.379 bits per heavy atom. The van der Waals surface area contributed by atoms with E-state index in [1.165, 1.54) is 82.4 Å². The normalized spacial score (nSPS) is 13.3. The van der Waals surface area contributed by atoms with E-state index < -0.39 is 5.41 Å². The summed E-state index contributed by atoms with van der Waals surface area (Å²) in [4.78, 5) is 5.19. The third-order valence-corrected chi connectivity index (χ3v) is 13.0. The van der Waals surface area contributed by atoms with Crippen LogP contribution in [0.1, 0.15) is 22.3 Å². The molecule has 11 aromatic rings. The van der Waals surface area contributed by atoms with Gasteiger partial charge in [-0.1, -0.05) is 170 Å². The molecular formula is C56H34N2. The van der Waals surface area contributed by atoms with Crippen LogP contribution in [0.4, 0.5) is 0 Å². The van der Waals surface area contributed by atoms with E-state index in [0.29, 0.717) is 0 Å². The molecule has 268 valence electrons. The minimum absolute atomic E-state index is 0.487. The Morgan fingerprint density at radius 3 is 1.79 bits per heavy atom. The molecule has 2 aliphatic carbocycles. The van der Waals surface area contributed by atoms with Crippen LogP contribution in [-0.4, -0.2) is 9.55 Å². The van der Waals surface area contributed by atoms with Crippen LogP contribution in [0.5, 0.6) is 0 Å². The zero-order valence-electron chi connectivity index (χ0n) is 31.5. The molecule has 0 aliphatic heterocycles. The van der Waals surface area contributed by atoms with Crippen molar-refractivity contribution in [2.75, 3.05) is 0 Å². The molecular weight excluding hydrogens is 701 g/mol. The molecule has 0 unspecified atom stereocenters. The Morgan fingerprint density at radius 2 is 1.00 bits per heavy atom. The summed E-state index contributed by atoms with van der Waals surface area (Å²) in [6, 6.07) is 76.1. The van der Waals surface area contributed by atoms with E-state index in [1.807, 2.05) is 0 Å². The lowest BCUT2D eigenvalue weighted by Crippen LogP contribution is -2.26. The summed E-state index contributed by atoms with van der Waals surface area (Å²) in [6.07, 6.45) is 0. The first kappa shape index (κ1) is 31.6. The molecule has 0 atom stereocenters. The van der Waals surface area contributed by atoms with Crippen LogP contribution in [0.15, 0.2) is 206 Å². The summed E-state index contributed by atoms with van der Waals surface area (Å²) in [7, 11) is 0. The predicted octanol–water partition coefficient (Wildman–Crippen LogP) is 14.2. The van der Waals surface area contributed by atoms with Crippen molar-refractivity contribution < 1.29 is 0 Å². The number of hydrogen-bond donors (Lipinski definition) is 0. The topological polar surface area (TPSA) is 17.8 Å². The lowest BCUT2D eigenvalue weighted by Gasteiger charge is -2.32. The number of hydrogen-bond acceptors (Lipinski definition) is 1. The lowest BCUT2D eigenvalue weighted by molar-refractivity contribution is 0.809. The highest BCUT2D eigenvalue weighted by molar-refractivity contribution is 6.21. The van der Waals surface area contributed by atoms with Crippen molar-refractivity contribution >= 4 is 43.4 Å². The minimum Gasteiger partial charge on any atom is -0.292 e. The summed E-state index contributed by atoms with van der Waals surface area (Å²) in [5, 5.41) is 7.76. The van der Waals surface area contributed by atoms with Gasteiger partial charge in [0.05, 0.1) is 16.4 Å². The van der Waals surface area contributed by atoms with E-state index in [0.717, 1.165) is 33.7 Å². The fraction of sp³-hybridized carbons (Fsp3) is 0.0179. The number of benzene rings is 10. The molecule has 2 heteroatoms. The van der Waals surface area contributed by atoms with E-state index in [2.05, 4.69) is 211 Å². The average molecular weight is 735 g/mol. The minimum atomic E-state index is -0.487. The second-order valence-electron chi connectivity index (χ2n) is 15.8. The molecule has 1 heterocycles. The quantitative estimate of drug-likeness (QED) is 0.165. The van der Waals surface area contributed by atoms with Gasteiger partial charge in [-0.15, -0.1) is 0 Å². The Bertz CT molecular complexity index is 3470. The summed E-state index contributed by atoms with van der Waals surface area (Å²) in [5.41, 5.74) is 17.0. The number of fused-ring (bicyclic) bond motifs is 18. The van der Waals surface area contributed by atoms with Gasteiger partial charge in [0.25, 0.3) is 0 Å². The molecule has 13 rings (SSSR count). The molecule has 0 N–H and O–H groups in total. The number of aromatic nitrogens is 2. The zero-order chi connectivity index (χ0) is 38.0. The summed E-state index contributed by atoms with van der Waals surface area (Å²) in [5.74, 6) is 0.936. The Kier molecular flexibility index (Phi) is 6.40. The number of rotatable bonds is 3. The molecule has 2 aliphatic rings. The lowest BCUT2D eigenvalue weighted by atomic mass is 9.68. The van der Waals surface area contributed by atoms with Crippen molar-refractivity contribution in [3.8, 4) is 50.5 Å². The third kappa shape index (κ3) is 4.08. The second-order valence-corrected chi connectivity index (χ2v) is 15.8. The average Bonchev–Trinajstić information content (AvgIpc) is 3.94. The molecule has 1 aromatic heterocycles. The van der Waals surface area contributed by atoms with Crippen molar-refractivity contribution in [1.29, 1.82) is 0 Å². The van der Waals surface area contributed by atoms with Crippen molar-refractivity contribution in [3.05, 3.63) is 229 Å². The molecule has 1 spiro atoms.